The van der Waals surface area contributed by atoms with Gasteiger partial charge < -0.3 is 4.90 Å². The van der Waals surface area contributed by atoms with Crippen molar-refractivity contribution < 1.29 is 13.2 Å². The van der Waals surface area contributed by atoms with Crippen molar-refractivity contribution in [3.05, 3.63) is 59.9 Å². The number of fused-ring (bicyclic) bond motifs is 1. The van der Waals surface area contributed by atoms with Gasteiger partial charge in [0.15, 0.2) is 0 Å². The molecule has 136 valence electrons. The maximum Gasteiger partial charge on any atom is 0.255 e. The van der Waals surface area contributed by atoms with E-state index in [0.29, 0.717) is 31.5 Å². The molecule has 1 atom stereocenters. The van der Waals surface area contributed by atoms with E-state index in [4.69, 9.17) is 0 Å². The Labute approximate surface area is 153 Å². The van der Waals surface area contributed by atoms with Gasteiger partial charge in [0.05, 0.1) is 16.5 Å². The van der Waals surface area contributed by atoms with Gasteiger partial charge in [-0.1, -0.05) is 18.2 Å². The zero-order valence-electron chi connectivity index (χ0n) is 14.4. The Morgan fingerprint density at radius 2 is 1.96 bits per heavy atom. The highest BCUT2D eigenvalue weighted by atomic mass is 32.2. The Morgan fingerprint density at radius 3 is 2.77 bits per heavy atom. The summed E-state index contributed by atoms with van der Waals surface area (Å²) in [6.45, 7) is 1.29. The van der Waals surface area contributed by atoms with Crippen LogP contribution in [0.5, 0.6) is 0 Å². The summed E-state index contributed by atoms with van der Waals surface area (Å²) in [4.78, 5) is 18.3. The third-order valence-corrected chi connectivity index (χ3v) is 7.37. The van der Waals surface area contributed by atoms with Gasteiger partial charge in [0.2, 0.25) is 10.0 Å². The molecule has 6 nitrogen and oxygen atoms in total. The molecule has 1 aromatic heterocycles. The predicted molar refractivity (Wildman–Crippen MR) is 99.6 cm³/mol. The SMILES string of the molecule is O=C(c1cccnc1)N1CCC[C@@H](S(=O)(=O)N2CCc3ccccc32)C1. The number of para-hydroxylation sites is 1. The molecule has 0 bridgehead atoms. The second-order valence-corrected chi connectivity index (χ2v) is 8.89. The Morgan fingerprint density at radius 1 is 1.12 bits per heavy atom. The molecule has 0 saturated carbocycles. The number of carbonyl (C=O) groups is 1. The standard InChI is InChI=1S/C19H21N3O3S/c23-19(16-6-3-10-20-13-16)21-11-4-7-17(14-21)26(24,25)22-12-9-15-5-1-2-8-18(15)22/h1-3,5-6,8,10,13,17H,4,7,9,11-12,14H2/t17-/m1/s1. The van der Waals surface area contributed by atoms with Gasteiger partial charge in [-0.2, -0.15) is 0 Å². The molecule has 2 aliphatic heterocycles. The van der Waals surface area contributed by atoms with Gasteiger partial charge >= 0.3 is 0 Å². The summed E-state index contributed by atoms with van der Waals surface area (Å²) in [6, 6.07) is 11.1. The number of rotatable bonds is 3. The molecule has 1 amide bonds. The molecular formula is C19H21N3O3S. The summed E-state index contributed by atoms with van der Waals surface area (Å²) in [6.07, 6.45) is 5.14. The maximum absolute atomic E-state index is 13.2. The van der Waals surface area contributed by atoms with Gasteiger partial charge in [0.1, 0.15) is 0 Å². The summed E-state index contributed by atoms with van der Waals surface area (Å²) in [7, 11) is -3.50. The molecule has 0 spiro atoms. The first-order valence-electron chi connectivity index (χ1n) is 8.86. The van der Waals surface area contributed by atoms with Crippen LogP contribution in [0.25, 0.3) is 0 Å². The Kier molecular flexibility index (Phi) is 4.40. The summed E-state index contributed by atoms with van der Waals surface area (Å²) >= 11 is 0. The molecule has 3 heterocycles. The van der Waals surface area contributed by atoms with Crippen molar-refractivity contribution in [3.8, 4) is 0 Å². The highest BCUT2D eigenvalue weighted by Crippen LogP contribution is 2.33. The highest BCUT2D eigenvalue weighted by Gasteiger charge is 2.39. The predicted octanol–water partition coefficient (Wildman–Crippen LogP) is 2.08. The van der Waals surface area contributed by atoms with E-state index < -0.39 is 15.3 Å². The van der Waals surface area contributed by atoms with Gasteiger partial charge in [0.25, 0.3) is 5.91 Å². The molecule has 0 radical (unpaired) electrons. The molecule has 7 heteroatoms. The average molecular weight is 371 g/mol. The minimum Gasteiger partial charge on any atom is -0.337 e. The Balaban J connectivity index is 1.55. The first kappa shape index (κ1) is 17.0. The zero-order valence-corrected chi connectivity index (χ0v) is 15.2. The van der Waals surface area contributed by atoms with Gasteiger partial charge in [-0.25, -0.2) is 8.42 Å². The van der Waals surface area contributed by atoms with Crippen molar-refractivity contribution in [2.75, 3.05) is 23.9 Å². The van der Waals surface area contributed by atoms with E-state index in [-0.39, 0.29) is 12.5 Å². The molecule has 2 aliphatic rings. The lowest BCUT2D eigenvalue weighted by Crippen LogP contribution is -2.49. The molecule has 1 aromatic carbocycles. The summed E-state index contributed by atoms with van der Waals surface area (Å²) in [5.41, 5.74) is 2.34. The average Bonchev–Trinajstić information content (AvgIpc) is 3.13. The summed E-state index contributed by atoms with van der Waals surface area (Å²) in [5, 5.41) is -0.567. The third-order valence-electron chi connectivity index (χ3n) is 5.15. The number of likely N-dealkylation sites (tertiary alicyclic amines) is 1. The van der Waals surface area contributed by atoms with E-state index in [2.05, 4.69) is 4.98 Å². The van der Waals surface area contributed by atoms with Crippen molar-refractivity contribution in [1.29, 1.82) is 0 Å². The van der Waals surface area contributed by atoms with E-state index in [1.807, 2.05) is 24.3 Å². The lowest BCUT2D eigenvalue weighted by molar-refractivity contribution is 0.0726. The van der Waals surface area contributed by atoms with Gasteiger partial charge in [0, 0.05) is 32.0 Å². The van der Waals surface area contributed by atoms with Crippen LogP contribution in [-0.2, 0) is 16.4 Å². The van der Waals surface area contributed by atoms with Crippen LogP contribution in [0.4, 0.5) is 5.69 Å². The van der Waals surface area contributed by atoms with E-state index >= 15 is 0 Å². The molecule has 1 fully saturated rings. The normalized spacial score (nSPS) is 20.1. The summed E-state index contributed by atoms with van der Waals surface area (Å²) in [5.74, 6) is -0.153. The molecule has 4 rings (SSSR count). The number of aromatic nitrogens is 1. The van der Waals surface area contributed by atoms with Crippen LogP contribution in [0.15, 0.2) is 48.8 Å². The second-order valence-electron chi connectivity index (χ2n) is 6.75. The number of hydrogen-bond acceptors (Lipinski definition) is 4. The topological polar surface area (TPSA) is 70.6 Å². The summed E-state index contributed by atoms with van der Waals surface area (Å²) < 4.78 is 28.0. The van der Waals surface area contributed by atoms with E-state index in [0.717, 1.165) is 17.7 Å². The first-order valence-corrected chi connectivity index (χ1v) is 10.4. The monoisotopic (exact) mass is 371 g/mol. The van der Waals surface area contributed by atoms with E-state index in [1.165, 1.54) is 10.5 Å². The number of benzene rings is 1. The fourth-order valence-corrected chi connectivity index (χ4v) is 5.78. The fourth-order valence-electron chi connectivity index (χ4n) is 3.79. The second kappa shape index (κ2) is 6.72. The van der Waals surface area contributed by atoms with Crippen molar-refractivity contribution >= 4 is 21.6 Å². The van der Waals surface area contributed by atoms with Crippen LogP contribution in [0.1, 0.15) is 28.8 Å². The van der Waals surface area contributed by atoms with Crippen LogP contribution in [-0.4, -0.2) is 49.1 Å². The first-order chi connectivity index (χ1) is 12.6. The van der Waals surface area contributed by atoms with Crippen LogP contribution in [0.3, 0.4) is 0 Å². The number of nitrogens with zero attached hydrogens (tertiary/aromatic N) is 3. The minimum absolute atomic E-state index is 0.153. The van der Waals surface area contributed by atoms with Crippen LogP contribution >= 0.6 is 0 Å². The quantitative estimate of drug-likeness (QED) is 0.828. The molecule has 1 saturated heterocycles. The molecule has 26 heavy (non-hydrogen) atoms. The van der Waals surface area contributed by atoms with Crippen LogP contribution in [0.2, 0.25) is 0 Å². The molecular weight excluding hydrogens is 350 g/mol. The van der Waals surface area contributed by atoms with Gasteiger partial charge in [-0.05, 0) is 43.0 Å². The number of sulfonamides is 1. The third kappa shape index (κ3) is 2.96. The lowest BCUT2D eigenvalue weighted by atomic mass is 10.1. The largest absolute Gasteiger partial charge is 0.337 e. The molecule has 0 aliphatic carbocycles. The van der Waals surface area contributed by atoms with Gasteiger partial charge in [-0.3, -0.25) is 14.1 Å². The number of hydrogen-bond donors (Lipinski definition) is 0. The smallest absolute Gasteiger partial charge is 0.255 e. The Hall–Kier alpha value is -2.41. The fraction of sp³-hybridized carbons (Fsp3) is 0.368. The maximum atomic E-state index is 13.2. The zero-order chi connectivity index (χ0) is 18.1. The molecule has 0 N–H and O–H groups in total. The highest BCUT2D eigenvalue weighted by molar-refractivity contribution is 7.93. The number of piperidine rings is 1. The molecule has 2 aromatic rings. The Bertz CT molecular complexity index is 915. The number of anilines is 1. The van der Waals surface area contributed by atoms with Crippen LogP contribution in [0, 0.1) is 0 Å². The number of carbonyl (C=O) groups excluding carboxylic acids is 1. The van der Waals surface area contributed by atoms with Crippen molar-refractivity contribution in [3.63, 3.8) is 0 Å². The van der Waals surface area contributed by atoms with Crippen LogP contribution < -0.4 is 4.31 Å². The van der Waals surface area contributed by atoms with E-state index in [9.17, 15) is 13.2 Å². The minimum atomic E-state index is -3.50. The number of amides is 1. The lowest BCUT2D eigenvalue weighted by Gasteiger charge is -2.35. The van der Waals surface area contributed by atoms with Crippen molar-refractivity contribution in [1.82, 2.24) is 9.88 Å². The van der Waals surface area contributed by atoms with Crippen molar-refractivity contribution in [2.24, 2.45) is 0 Å². The number of pyridine rings is 1. The molecule has 0 unspecified atom stereocenters. The van der Waals surface area contributed by atoms with Crippen molar-refractivity contribution in [2.45, 2.75) is 24.5 Å². The van der Waals surface area contributed by atoms with E-state index in [1.54, 1.807) is 23.2 Å². The van der Waals surface area contributed by atoms with Gasteiger partial charge in [-0.15, -0.1) is 0 Å².